The summed E-state index contributed by atoms with van der Waals surface area (Å²) in [7, 11) is 0. The molecule has 0 unspecified atom stereocenters. The lowest BCUT2D eigenvalue weighted by atomic mass is 10.0. The molecule has 0 saturated carbocycles. The van der Waals surface area contributed by atoms with E-state index in [1.807, 2.05) is 60.7 Å². The minimum atomic E-state index is -0.859. The molecule has 0 atom stereocenters. The number of amides is 2. The van der Waals surface area contributed by atoms with Gasteiger partial charge >= 0.3 is 12.1 Å². The number of nitrogens with zero attached hydrogens (tertiary/aromatic N) is 2. The second-order valence-corrected chi connectivity index (χ2v) is 11.4. The summed E-state index contributed by atoms with van der Waals surface area (Å²) in [6.45, 7) is 4.24. The summed E-state index contributed by atoms with van der Waals surface area (Å²) in [4.78, 5) is 42.6. The van der Waals surface area contributed by atoms with Crippen LogP contribution in [0.3, 0.4) is 0 Å². The van der Waals surface area contributed by atoms with E-state index < -0.39 is 18.0 Å². The predicted octanol–water partition coefficient (Wildman–Crippen LogP) is 8.35. The van der Waals surface area contributed by atoms with Crippen molar-refractivity contribution in [2.75, 3.05) is 6.61 Å². The summed E-state index contributed by atoms with van der Waals surface area (Å²) in [5.41, 5.74) is 3.36. The van der Waals surface area contributed by atoms with E-state index in [9.17, 15) is 14.4 Å². The number of nitrogens with one attached hydrogen (secondary N) is 1. The number of furan rings is 1. The number of alkyl carbamates (subject to hydrolysis) is 1. The Balaban J connectivity index is 1.46. The number of hydrogen-bond acceptors (Lipinski definition) is 7. The van der Waals surface area contributed by atoms with Gasteiger partial charge in [-0.25, -0.2) is 14.6 Å². The molecule has 9 nitrogen and oxygen atoms in total. The zero-order chi connectivity index (χ0) is 31.9. The number of carbonyl (C=O) groups is 3. The lowest BCUT2D eigenvalue weighted by Gasteiger charge is -2.12. The molecule has 45 heavy (non-hydrogen) atoms. The molecule has 1 N–H and O–H groups in total. The van der Waals surface area contributed by atoms with E-state index in [-0.39, 0.29) is 30.6 Å². The highest BCUT2D eigenvalue weighted by atomic mass is 79.9. The Hall–Kier alpha value is -4.41. The fourth-order valence-electron chi connectivity index (χ4n) is 4.93. The number of aryl methyl sites for hydroxylation is 1. The number of carbonyl (C=O) groups excluding carboxylic acids is 3. The van der Waals surface area contributed by atoms with Gasteiger partial charge in [0.2, 0.25) is 0 Å². The molecule has 2 amide bonds. The maximum Gasteiger partial charge on any atom is 0.414 e. The van der Waals surface area contributed by atoms with Crippen LogP contribution in [0.1, 0.15) is 64.5 Å². The van der Waals surface area contributed by atoms with Gasteiger partial charge in [-0.15, -0.1) is 0 Å². The Morgan fingerprint density at radius 3 is 2.49 bits per heavy atom. The van der Waals surface area contributed by atoms with Gasteiger partial charge in [0.1, 0.15) is 29.5 Å². The molecule has 2 heterocycles. The number of halogens is 2. The molecule has 232 valence electrons. The van der Waals surface area contributed by atoms with Crippen molar-refractivity contribution in [2.45, 2.75) is 46.3 Å². The lowest BCUT2D eigenvalue weighted by Crippen LogP contribution is -2.33. The first-order chi connectivity index (χ1) is 21.8. The highest BCUT2D eigenvalue weighted by molar-refractivity contribution is 9.10. The number of benzene rings is 3. The van der Waals surface area contributed by atoms with E-state index in [0.29, 0.717) is 39.2 Å². The number of ether oxygens (including phenoxy) is 2. The number of aromatic nitrogens is 2. The van der Waals surface area contributed by atoms with Crippen molar-refractivity contribution in [1.29, 1.82) is 0 Å². The van der Waals surface area contributed by atoms with Crippen LogP contribution in [0, 0.1) is 0 Å². The monoisotopic (exact) mass is 691 g/mol. The molecule has 0 fully saturated rings. The summed E-state index contributed by atoms with van der Waals surface area (Å²) in [6, 6.07) is 22.3. The zero-order valence-corrected chi connectivity index (χ0v) is 27.1. The van der Waals surface area contributed by atoms with Gasteiger partial charge in [-0.1, -0.05) is 79.5 Å². The quantitative estimate of drug-likeness (QED) is 0.139. The van der Waals surface area contributed by atoms with Crippen molar-refractivity contribution < 1.29 is 28.3 Å². The average Bonchev–Trinajstić information content (AvgIpc) is 3.54. The normalized spacial score (nSPS) is 11.0. The van der Waals surface area contributed by atoms with Gasteiger partial charge in [0.05, 0.1) is 16.6 Å². The van der Waals surface area contributed by atoms with E-state index in [0.717, 1.165) is 29.4 Å². The molecular weight excluding hydrogens is 662 g/mol. The molecule has 0 aliphatic rings. The Labute approximate surface area is 273 Å². The van der Waals surface area contributed by atoms with Crippen molar-refractivity contribution in [1.82, 2.24) is 14.9 Å². The van der Waals surface area contributed by atoms with Gasteiger partial charge in [0.25, 0.3) is 5.91 Å². The van der Waals surface area contributed by atoms with Crippen LogP contribution in [0.4, 0.5) is 4.79 Å². The van der Waals surface area contributed by atoms with Gasteiger partial charge in [-0.3, -0.25) is 10.1 Å². The predicted molar refractivity (Wildman–Crippen MR) is 174 cm³/mol. The van der Waals surface area contributed by atoms with Gasteiger partial charge in [0.15, 0.2) is 5.15 Å². The third-order valence-corrected chi connectivity index (χ3v) is 8.15. The molecule has 0 aliphatic carbocycles. The fourth-order valence-corrected chi connectivity index (χ4v) is 5.82. The molecular formula is C34H31BrClN3O6. The van der Waals surface area contributed by atoms with Crippen molar-refractivity contribution in [3.63, 3.8) is 0 Å². The standard InChI is InChI=1S/C34H31BrClN3O6/c1-3-5-15-27-37-31(36)29(32(40)38-34(42)43-4-2)39(27)19-22-16-17-26-25(18-22)28(35)30(45-26)23-13-9-10-14-24(23)33(41)44-20-21-11-7-6-8-12-21/h6-14,16-18H,3-5,15,19-20H2,1-2H3,(H,38,40,42). The van der Waals surface area contributed by atoms with Crippen LogP contribution in [0.25, 0.3) is 22.3 Å². The van der Waals surface area contributed by atoms with Crippen molar-refractivity contribution >= 4 is 56.5 Å². The van der Waals surface area contributed by atoms with Crippen LogP contribution >= 0.6 is 27.5 Å². The summed E-state index contributed by atoms with van der Waals surface area (Å²) in [5, 5.41) is 3.00. The first-order valence-corrected chi connectivity index (χ1v) is 15.7. The Kier molecular flexibility index (Phi) is 10.4. The van der Waals surface area contributed by atoms with Crippen LogP contribution in [0.15, 0.2) is 81.7 Å². The van der Waals surface area contributed by atoms with Crippen molar-refractivity contribution in [3.8, 4) is 11.3 Å². The number of imide groups is 1. The molecule has 0 bridgehead atoms. The SMILES string of the molecule is CCCCc1nc(Cl)c(C(=O)NC(=O)OCC)n1Cc1ccc2oc(-c3ccccc3C(=O)OCc3ccccc3)c(Br)c2c1. The van der Waals surface area contributed by atoms with E-state index >= 15 is 0 Å². The summed E-state index contributed by atoms with van der Waals surface area (Å²) >= 11 is 10.1. The molecule has 5 rings (SSSR count). The molecule has 11 heteroatoms. The zero-order valence-electron chi connectivity index (χ0n) is 24.8. The first-order valence-electron chi connectivity index (χ1n) is 14.5. The average molecular weight is 693 g/mol. The molecule has 0 saturated heterocycles. The third-order valence-electron chi connectivity index (χ3n) is 7.10. The number of imidazole rings is 1. The fraction of sp³-hybridized carbons (Fsp3) is 0.235. The Morgan fingerprint density at radius 1 is 0.978 bits per heavy atom. The van der Waals surface area contributed by atoms with Crippen LogP contribution in [0.2, 0.25) is 5.15 Å². The van der Waals surface area contributed by atoms with Crippen LogP contribution in [-0.4, -0.2) is 34.1 Å². The maximum atomic E-state index is 13.1. The van der Waals surface area contributed by atoms with E-state index in [1.54, 1.807) is 23.6 Å². The highest BCUT2D eigenvalue weighted by Crippen LogP contribution is 2.40. The Morgan fingerprint density at radius 2 is 1.73 bits per heavy atom. The van der Waals surface area contributed by atoms with Crippen LogP contribution in [0.5, 0.6) is 0 Å². The minimum Gasteiger partial charge on any atom is -0.457 e. The van der Waals surface area contributed by atoms with Crippen molar-refractivity contribution in [3.05, 3.63) is 111 Å². The number of rotatable bonds is 11. The smallest absolute Gasteiger partial charge is 0.414 e. The van der Waals surface area contributed by atoms with E-state index in [2.05, 4.69) is 33.2 Å². The number of fused-ring (bicyclic) bond motifs is 1. The van der Waals surface area contributed by atoms with Crippen molar-refractivity contribution in [2.24, 2.45) is 0 Å². The Bertz CT molecular complexity index is 1850. The van der Waals surface area contributed by atoms with Crippen LogP contribution in [-0.2, 0) is 29.0 Å². The largest absolute Gasteiger partial charge is 0.457 e. The number of unbranched alkanes of at least 4 members (excludes halogenated alkanes) is 1. The number of esters is 1. The molecule has 0 aliphatic heterocycles. The molecule has 0 spiro atoms. The number of hydrogen-bond donors (Lipinski definition) is 1. The van der Waals surface area contributed by atoms with Gasteiger partial charge in [-0.2, -0.15) is 0 Å². The molecule has 5 aromatic rings. The lowest BCUT2D eigenvalue weighted by molar-refractivity contribution is 0.0473. The van der Waals surface area contributed by atoms with Gasteiger partial charge in [0, 0.05) is 23.9 Å². The second kappa shape index (κ2) is 14.6. The molecule has 2 aromatic heterocycles. The topological polar surface area (TPSA) is 113 Å². The summed E-state index contributed by atoms with van der Waals surface area (Å²) in [5.74, 6) is -0.0471. The third kappa shape index (κ3) is 7.29. The van der Waals surface area contributed by atoms with Gasteiger partial charge < -0.3 is 18.5 Å². The summed E-state index contributed by atoms with van der Waals surface area (Å²) < 4.78 is 19.1. The van der Waals surface area contributed by atoms with Gasteiger partial charge in [-0.05, 0) is 58.6 Å². The second-order valence-electron chi connectivity index (χ2n) is 10.2. The maximum absolute atomic E-state index is 13.1. The molecule has 3 aromatic carbocycles. The highest BCUT2D eigenvalue weighted by Gasteiger charge is 2.25. The van der Waals surface area contributed by atoms with Crippen LogP contribution < -0.4 is 5.32 Å². The minimum absolute atomic E-state index is 0.00603. The van der Waals surface area contributed by atoms with E-state index in [4.69, 9.17) is 25.5 Å². The summed E-state index contributed by atoms with van der Waals surface area (Å²) in [6.07, 6.45) is 1.51. The first kappa shape index (κ1) is 32.0. The molecule has 0 radical (unpaired) electrons. The van der Waals surface area contributed by atoms with E-state index in [1.165, 1.54) is 0 Å².